The fraction of sp³-hybridized carbons (Fsp3) is 0.882. The lowest BCUT2D eigenvalue weighted by Gasteiger charge is -2.43. The largest absolute Gasteiger partial charge is 0.379 e. The van der Waals surface area contributed by atoms with Crippen molar-refractivity contribution >= 4 is 11.8 Å². The summed E-state index contributed by atoms with van der Waals surface area (Å²) in [6.45, 7) is 7.54. The first-order valence-corrected chi connectivity index (χ1v) is 9.03. The zero-order valence-corrected chi connectivity index (χ0v) is 14.9. The molecule has 1 saturated heterocycles. The molecule has 0 amide bonds. The van der Waals surface area contributed by atoms with Gasteiger partial charge in [0.15, 0.2) is 0 Å². The van der Waals surface area contributed by atoms with Crippen molar-refractivity contribution in [1.82, 2.24) is 0 Å². The lowest BCUT2D eigenvalue weighted by molar-refractivity contribution is -0.109. The molecule has 2 rings (SSSR count). The second-order valence-electron chi connectivity index (χ2n) is 6.54. The van der Waals surface area contributed by atoms with E-state index in [4.69, 9.17) is 14.2 Å². The molecule has 0 bridgehead atoms. The third-order valence-corrected chi connectivity index (χ3v) is 6.12. The number of methoxy groups -OCH3 is 2. The Bertz CT molecular complexity index is 361. The Kier molecular flexibility index (Phi) is 6.18. The van der Waals surface area contributed by atoms with E-state index in [1.165, 1.54) is 5.57 Å². The van der Waals surface area contributed by atoms with Gasteiger partial charge < -0.3 is 14.2 Å². The highest BCUT2D eigenvalue weighted by atomic mass is 32.2. The van der Waals surface area contributed by atoms with Crippen molar-refractivity contribution in [3.63, 3.8) is 0 Å². The lowest BCUT2D eigenvalue weighted by Crippen LogP contribution is -2.52. The number of rotatable bonds is 7. The van der Waals surface area contributed by atoms with E-state index in [9.17, 15) is 0 Å². The van der Waals surface area contributed by atoms with Gasteiger partial charge in [-0.3, -0.25) is 0 Å². The monoisotopic (exact) mass is 314 g/mol. The molecule has 3 nitrogen and oxygen atoms in total. The van der Waals surface area contributed by atoms with Crippen LogP contribution in [-0.2, 0) is 14.2 Å². The molecule has 0 aromatic carbocycles. The molecule has 4 heteroatoms. The summed E-state index contributed by atoms with van der Waals surface area (Å²) in [7, 11) is 3.61. The summed E-state index contributed by atoms with van der Waals surface area (Å²) >= 11 is 2.04. The van der Waals surface area contributed by atoms with Crippen molar-refractivity contribution in [3.05, 3.63) is 11.6 Å². The van der Waals surface area contributed by atoms with Gasteiger partial charge in [-0.2, -0.15) is 11.8 Å². The second kappa shape index (κ2) is 7.49. The average Bonchev–Trinajstić information content (AvgIpc) is 3.22. The van der Waals surface area contributed by atoms with Gasteiger partial charge in [0.2, 0.25) is 0 Å². The molecule has 0 radical (unpaired) electrons. The minimum absolute atomic E-state index is 0.0681. The molecule has 1 aliphatic heterocycles. The maximum absolute atomic E-state index is 5.88. The molecule has 1 aliphatic carbocycles. The fourth-order valence-corrected chi connectivity index (χ4v) is 4.86. The Balaban J connectivity index is 1.97. The van der Waals surface area contributed by atoms with Crippen molar-refractivity contribution in [1.29, 1.82) is 0 Å². The van der Waals surface area contributed by atoms with Crippen LogP contribution in [0.3, 0.4) is 0 Å². The molecule has 122 valence electrons. The van der Waals surface area contributed by atoms with E-state index in [1.807, 2.05) is 18.9 Å². The van der Waals surface area contributed by atoms with Gasteiger partial charge in [0.25, 0.3) is 0 Å². The van der Waals surface area contributed by atoms with Gasteiger partial charge in [-0.25, -0.2) is 0 Å². The van der Waals surface area contributed by atoms with Crippen LogP contribution in [0, 0.1) is 5.92 Å². The van der Waals surface area contributed by atoms with Crippen LogP contribution in [0.15, 0.2) is 11.6 Å². The zero-order chi connectivity index (χ0) is 15.5. The van der Waals surface area contributed by atoms with Crippen molar-refractivity contribution < 1.29 is 14.2 Å². The third kappa shape index (κ3) is 4.04. The molecular formula is C17H30O3S. The molecule has 0 aromatic heterocycles. The Morgan fingerprint density at radius 3 is 2.62 bits per heavy atom. The van der Waals surface area contributed by atoms with Gasteiger partial charge in [-0.1, -0.05) is 18.6 Å². The minimum atomic E-state index is 0.0681. The predicted molar refractivity (Wildman–Crippen MR) is 89.0 cm³/mol. The molecule has 1 saturated carbocycles. The Morgan fingerprint density at radius 1 is 1.38 bits per heavy atom. The van der Waals surface area contributed by atoms with E-state index in [1.54, 1.807) is 7.11 Å². The molecule has 1 heterocycles. The standard InChI is InChI=1S/C17H30O3S/c1-12(2)7-6-10-21-13(3)15-16(19-5)14(18-4)8-9-17(15)11-20-17/h7,13-16H,6,8-11H2,1-5H3/t13?,14?,15?,16?,17-/m0/s1. The molecule has 1 spiro atoms. The first-order valence-electron chi connectivity index (χ1n) is 7.98. The quantitative estimate of drug-likeness (QED) is 0.407. The van der Waals surface area contributed by atoms with E-state index < -0.39 is 0 Å². The highest BCUT2D eigenvalue weighted by molar-refractivity contribution is 7.99. The van der Waals surface area contributed by atoms with Crippen LogP contribution in [-0.4, -0.2) is 49.6 Å². The molecule has 5 atom stereocenters. The molecular weight excluding hydrogens is 284 g/mol. The van der Waals surface area contributed by atoms with Crippen LogP contribution in [0.5, 0.6) is 0 Å². The van der Waals surface area contributed by atoms with Gasteiger partial charge in [0, 0.05) is 25.4 Å². The molecule has 4 unspecified atom stereocenters. The van der Waals surface area contributed by atoms with Crippen molar-refractivity contribution in [3.8, 4) is 0 Å². The van der Waals surface area contributed by atoms with E-state index in [-0.39, 0.29) is 17.8 Å². The average molecular weight is 314 g/mol. The summed E-state index contributed by atoms with van der Waals surface area (Å²) in [5.41, 5.74) is 1.47. The molecule has 2 aliphatic rings. The van der Waals surface area contributed by atoms with Crippen molar-refractivity contribution in [2.75, 3.05) is 26.6 Å². The fourth-order valence-electron chi connectivity index (χ4n) is 3.63. The maximum atomic E-state index is 5.88. The Morgan fingerprint density at radius 2 is 2.10 bits per heavy atom. The SMILES string of the molecule is COC1CC[C@]2(CO2)C(C(C)SCCC=C(C)C)C1OC. The Labute approximate surface area is 133 Å². The smallest absolute Gasteiger partial charge is 0.0981 e. The number of epoxide rings is 1. The number of hydrogen-bond donors (Lipinski definition) is 0. The van der Waals surface area contributed by atoms with Crippen LogP contribution in [0.25, 0.3) is 0 Å². The number of hydrogen-bond acceptors (Lipinski definition) is 4. The molecule has 0 N–H and O–H groups in total. The van der Waals surface area contributed by atoms with Gasteiger partial charge in [-0.15, -0.1) is 0 Å². The summed E-state index contributed by atoms with van der Waals surface area (Å²) in [5, 5.41) is 0.529. The zero-order valence-electron chi connectivity index (χ0n) is 14.1. The van der Waals surface area contributed by atoms with E-state index in [2.05, 4.69) is 26.8 Å². The highest BCUT2D eigenvalue weighted by Gasteiger charge is 2.60. The van der Waals surface area contributed by atoms with Crippen LogP contribution in [0.4, 0.5) is 0 Å². The maximum Gasteiger partial charge on any atom is 0.0981 e. The number of ether oxygens (including phenoxy) is 3. The first-order chi connectivity index (χ1) is 10.0. The summed E-state index contributed by atoms with van der Waals surface area (Å²) in [4.78, 5) is 0. The van der Waals surface area contributed by atoms with Gasteiger partial charge in [0.1, 0.15) is 0 Å². The summed E-state index contributed by atoms with van der Waals surface area (Å²) in [5.74, 6) is 1.59. The first kappa shape index (κ1) is 17.3. The summed E-state index contributed by atoms with van der Waals surface area (Å²) in [6.07, 6.45) is 5.96. The van der Waals surface area contributed by atoms with E-state index in [0.29, 0.717) is 11.2 Å². The molecule has 21 heavy (non-hydrogen) atoms. The van der Waals surface area contributed by atoms with Crippen LogP contribution in [0.2, 0.25) is 0 Å². The summed E-state index contributed by atoms with van der Waals surface area (Å²) < 4.78 is 17.4. The number of thioether (sulfide) groups is 1. The van der Waals surface area contributed by atoms with Crippen molar-refractivity contribution in [2.24, 2.45) is 5.92 Å². The van der Waals surface area contributed by atoms with Gasteiger partial charge in [-0.05, 0) is 38.9 Å². The summed E-state index contributed by atoms with van der Waals surface area (Å²) in [6, 6.07) is 0. The Hall–Kier alpha value is -0.0300. The number of allylic oxidation sites excluding steroid dienone is 2. The topological polar surface area (TPSA) is 31.0 Å². The lowest BCUT2D eigenvalue weighted by atomic mass is 9.74. The minimum Gasteiger partial charge on any atom is -0.379 e. The van der Waals surface area contributed by atoms with Crippen LogP contribution >= 0.6 is 11.8 Å². The second-order valence-corrected chi connectivity index (χ2v) is 8.02. The van der Waals surface area contributed by atoms with Gasteiger partial charge >= 0.3 is 0 Å². The molecule has 0 aromatic rings. The predicted octanol–water partition coefficient (Wildman–Crippen LogP) is 3.67. The van der Waals surface area contributed by atoms with Gasteiger partial charge in [0.05, 0.1) is 24.4 Å². The van der Waals surface area contributed by atoms with Crippen LogP contribution < -0.4 is 0 Å². The third-order valence-electron chi connectivity index (χ3n) is 4.83. The molecule has 2 fully saturated rings. The highest BCUT2D eigenvalue weighted by Crippen LogP contribution is 2.51. The van der Waals surface area contributed by atoms with Crippen LogP contribution in [0.1, 0.15) is 40.0 Å². The normalized spacial score (nSPS) is 36.5. The van der Waals surface area contributed by atoms with Crippen molar-refractivity contribution in [2.45, 2.75) is 63.1 Å². The van der Waals surface area contributed by atoms with E-state index in [0.717, 1.165) is 31.6 Å². The van der Waals surface area contributed by atoms with E-state index >= 15 is 0 Å².